The van der Waals surface area contributed by atoms with E-state index >= 15 is 0 Å². The molecule has 0 radical (unpaired) electrons. The number of alkyl halides is 3. The maximum absolute atomic E-state index is 12.2. The van der Waals surface area contributed by atoms with Crippen molar-refractivity contribution >= 4 is 38.5 Å². The lowest BCUT2D eigenvalue weighted by atomic mass is 10.2. The molecule has 1 aromatic carbocycles. The number of fused-ring (bicyclic) bond motifs is 1. The fraction of sp³-hybridized carbons (Fsp3) is 0.400. The Morgan fingerprint density at radius 3 is 2.60 bits per heavy atom. The molecule has 0 aliphatic rings. The molecule has 2 rings (SSSR count). The number of carbonyl (C=O) groups excluding carboxylic acids is 2. The van der Waals surface area contributed by atoms with Crippen LogP contribution in [0.1, 0.15) is 13.3 Å². The van der Waals surface area contributed by atoms with Crippen molar-refractivity contribution < 1.29 is 22.8 Å². The summed E-state index contributed by atoms with van der Waals surface area (Å²) in [5.74, 6) is -2.78. The number of hydrogen-bond donors (Lipinski definition) is 3. The summed E-state index contributed by atoms with van der Waals surface area (Å²) in [4.78, 5) is 27.1. The van der Waals surface area contributed by atoms with E-state index in [-0.39, 0.29) is 13.0 Å². The number of halogens is 3. The zero-order valence-corrected chi connectivity index (χ0v) is 14.1. The third-order valence-electron chi connectivity index (χ3n) is 3.28. The van der Waals surface area contributed by atoms with Gasteiger partial charge in [-0.25, -0.2) is 4.98 Å². The second kappa shape index (κ2) is 8.15. The van der Waals surface area contributed by atoms with Gasteiger partial charge < -0.3 is 16.0 Å². The fourth-order valence-electron chi connectivity index (χ4n) is 2.02. The van der Waals surface area contributed by atoms with Crippen molar-refractivity contribution in [1.29, 1.82) is 0 Å². The highest BCUT2D eigenvalue weighted by atomic mass is 32.1. The third kappa shape index (κ3) is 5.31. The molecule has 3 N–H and O–H groups in total. The summed E-state index contributed by atoms with van der Waals surface area (Å²) in [6.45, 7) is 2.06. The van der Waals surface area contributed by atoms with E-state index in [2.05, 4.69) is 15.6 Å². The van der Waals surface area contributed by atoms with Crippen molar-refractivity contribution in [1.82, 2.24) is 15.6 Å². The average molecular weight is 374 g/mol. The van der Waals surface area contributed by atoms with Crippen molar-refractivity contribution in [3.05, 3.63) is 24.3 Å². The van der Waals surface area contributed by atoms with Gasteiger partial charge >= 0.3 is 12.1 Å². The van der Waals surface area contributed by atoms with Gasteiger partial charge in [0.2, 0.25) is 5.91 Å². The SMILES string of the molecule is CCC(NC(=O)C(F)(F)F)C(=O)NCCNc1nc2ccccc2s1. The van der Waals surface area contributed by atoms with Crippen LogP contribution in [0.4, 0.5) is 18.3 Å². The van der Waals surface area contributed by atoms with E-state index in [9.17, 15) is 22.8 Å². The van der Waals surface area contributed by atoms with Gasteiger partial charge in [-0.1, -0.05) is 30.4 Å². The summed E-state index contributed by atoms with van der Waals surface area (Å²) in [5, 5.41) is 7.89. The molecule has 25 heavy (non-hydrogen) atoms. The molecule has 0 bridgehead atoms. The molecule has 1 atom stereocenters. The first-order valence-electron chi connectivity index (χ1n) is 7.56. The Hall–Kier alpha value is -2.36. The normalized spacial score (nSPS) is 12.6. The van der Waals surface area contributed by atoms with E-state index in [4.69, 9.17) is 0 Å². The molecule has 1 heterocycles. The van der Waals surface area contributed by atoms with Gasteiger partial charge in [-0.05, 0) is 18.6 Å². The topological polar surface area (TPSA) is 83.1 Å². The molecule has 136 valence electrons. The zero-order chi connectivity index (χ0) is 18.4. The Morgan fingerprint density at radius 1 is 1.24 bits per heavy atom. The lowest BCUT2D eigenvalue weighted by Gasteiger charge is -2.17. The van der Waals surface area contributed by atoms with Gasteiger partial charge in [0.15, 0.2) is 5.13 Å². The Labute approximate surface area is 145 Å². The Bertz CT molecular complexity index is 715. The number of para-hydroxylation sites is 1. The van der Waals surface area contributed by atoms with Crippen LogP contribution in [0.15, 0.2) is 24.3 Å². The van der Waals surface area contributed by atoms with Crippen LogP contribution in [0.25, 0.3) is 10.2 Å². The molecule has 6 nitrogen and oxygen atoms in total. The first kappa shape index (κ1) is 19.0. The smallest absolute Gasteiger partial charge is 0.360 e. The number of carbonyl (C=O) groups is 2. The van der Waals surface area contributed by atoms with Crippen LogP contribution in [-0.2, 0) is 9.59 Å². The molecule has 2 aromatic rings. The van der Waals surface area contributed by atoms with Crippen LogP contribution in [0, 0.1) is 0 Å². The summed E-state index contributed by atoms with van der Waals surface area (Å²) in [7, 11) is 0. The minimum Gasteiger partial charge on any atom is -0.360 e. The Morgan fingerprint density at radius 2 is 1.96 bits per heavy atom. The molecular weight excluding hydrogens is 357 g/mol. The highest BCUT2D eigenvalue weighted by Crippen LogP contribution is 2.24. The van der Waals surface area contributed by atoms with Crippen molar-refractivity contribution in [2.45, 2.75) is 25.6 Å². The number of nitrogens with zero attached hydrogens (tertiary/aromatic N) is 1. The van der Waals surface area contributed by atoms with E-state index in [1.807, 2.05) is 24.3 Å². The Balaban J connectivity index is 1.77. The zero-order valence-electron chi connectivity index (χ0n) is 13.3. The lowest BCUT2D eigenvalue weighted by Crippen LogP contribution is -2.50. The first-order valence-corrected chi connectivity index (χ1v) is 8.37. The molecule has 10 heteroatoms. The molecule has 1 aromatic heterocycles. The Kier molecular flexibility index (Phi) is 6.18. The van der Waals surface area contributed by atoms with Crippen LogP contribution in [-0.4, -0.2) is 42.1 Å². The monoisotopic (exact) mass is 374 g/mol. The van der Waals surface area contributed by atoms with E-state index < -0.39 is 24.0 Å². The molecule has 0 spiro atoms. The summed E-state index contributed by atoms with van der Waals surface area (Å²) in [5.41, 5.74) is 0.861. The van der Waals surface area contributed by atoms with Gasteiger partial charge in [0.25, 0.3) is 0 Å². The quantitative estimate of drug-likeness (QED) is 0.650. The predicted octanol–water partition coefficient (Wildman–Crippen LogP) is 2.28. The third-order valence-corrected chi connectivity index (χ3v) is 4.28. The van der Waals surface area contributed by atoms with Crippen molar-refractivity contribution in [3.63, 3.8) is 0 Å². The van der Waals surface area contributed by atoms with Crippen LogP contribution in [0.2, 0.25) is 0 Å². The molecule has 0 aliphatic carbocycles. The average Bonchev–Trinajstić information content (AvgIpc) is 2.98. The minimum atomic E-state index is -5.01. The highest BCUT2D eigenvalue weighted by molar-refractivity contribution is 7.22. The minimum absolute atomic E-state index is 0.0545. The number of aromatic nitrogens is 1. The highest BCUT2D eigenvalue weighted by Gasteiger charge is 2.40. The first-order chi connectivity index (χ1) is 11.8. The van der Waals surface area contributed by atoms with Gasteiger partial charge in [-0.3, -0.25) is 9.59 Å². The van der Waals surface area contributed by atoms with Crippen molar-refractivity contribution in [3.8, 4) is 0 Å². The lowest BCUT2D eigenvalue weighted by molar-refractivity contribution is -0.174. The molecule has 0 saturated heterocycles. The molecule has 0 saturated carbocycles. The number of nitrogens with one attached hydrogen (secondary N) is 3. The standard InChI is InChI=1S/C15H17F3N4O2S/c1-2-9(21-13(24)15(16,17)18)12(23)19-7-8-20-14-22-10-5-3-4-6-11(10)25-14/h3-6,9H,2,7-8H2,1H3,(H,19,23)(H,20,22)(H,21,24). The summed E-state index contributed by atoms with van der Waals surface area (Å²) in [6, 6.07) is 6.39. The van der Waals surface area contributed by atoms with E-state index in [1.165, 1.54) is 18.3 Å². The van der Waals surface area contributed by atoms with Gasteiger partial charge in [0.1, 0.15) is 6.04 Å². The summed E-state index contributed by atoms with van der Waals surface area (Å²) >= 11 is 1.46. The second-order valence-corrected chi connectivity index (χ2v) is 6.17. The maximum atomic E-state index is 12.2. The van der Waals surface area contributed by atoms with Crippen LogP contribution >= 0.6 is 11.3 Å². The number of amides is 2. The van der Waals surface area contributed by atoms with Gasteiger partial charge in [-0.2, -0.15) is 13.2 Å². The maximum Gasteiger partial charge on any atom is 0.471 e. The summed E-state index contributed by atoms with van der Waals surface area (Å²) < 4.78 is 37.7. The number of thiazole rings is 1. The number of rotatable bonds is 7. The van der Waals surface area contributed by atoms with Crippen LogP contribution in [0.5, 0.6) is 0 Å². The summed E-state index contributed by atoms with van der Waals surface area (Å²) in [6.07, 6.45) is -4.96. The van der Waals surface area contributed by atoms with Gasteiger partial charge in [0.05, 0.1) is 10.2 Å². The molecule has 2 amide bonds. The van der Waals surface area contributed by atoms with Crippen molar-refractivity contribution in [2.24, 2.45) is 0 Å². The number of benzene rings is 1. The van der Waals surface area contributed by atoms with E-state index in [0.717, 1.165) is 10.2 Å². The fourth-order valence-corrected chi connectivity index (χ4v) is 2.91. The molecular formula is C15H17F3N4O2S. The van der Waals surface area contributed by atoms with Gasteiger partial charge in [0, 0.05) is 13.1 Å². The molecule has 0 fully saturated rings. The van der Waals surface area contributed by atoms with Crippen LogP contribution < -0.4 is 16.0 Å². The van der Waals surface area contributed by atoms with Crippen LogP contribution in [0.3, 0.4) is 0 Å². The second-order valence-electron chi connectivity index (χ2n) is 5.14. The number of anilines is 1. The molecule has 1 unspecified atom stereocenters. The van der Waals surface area contributed by atoms with Gasteiger partial charge in [-0.15, -0.1) is 0 Å². The number of hydrogen-bond acceptors (Lipinski definition) is 5. The van der Waals surface area contributed by atoms with Crippen molar-refractivity contribution in [2.75, 3.05) is 18.4 Å². The van der Waals surface area contributed by atoms with E-state index in [1.54, 1.807) is 5.32 Å². The predicted molar refractivity (Wildman–Crippen MR) is 89.4 cm³/mol. The van der Waals surface area contributed by atoms with E-state index in [0.29, 0.717) is 11.7 Å². The molecule has 0 aliphatic heterocycles. The largest absolute Gasteiger partial charge is 0.471 e.